The molecule has 9 heteroatoms. The van der Waals surface area contributed by atoms with Crippen LogP contribution in [0.25, 0.3) is 38.9 Å². The minimum Gasteiger partial charge on any atom is -0.479 e. The Balaban J connectivity index is 1.49. The maximum atomic E-state index is 12.7. The number of aliphatic carboxylic acids is 1. The Morgan fingerprint density at radius 1 is 1.02 bits per heavy atom. The molecule has 1 saturated heterocycles. The van der Waals surface area contributed by atoms with Crippen LogP contribution in [0.1, 0.15) is 64.8 Å². The molecule has 224 valence electrons. The van der Waals surface area contributed by atoms with Gasteiger partial charge in [-0.05, 0) is 69.2 Å². The van der Waals surface area contributed by atoms with E-state index in [1.807, 2.05) is 68.3 Å². The number of hydrogen-bond acceptors (Lipinski definition) is 6. The largest absolute Gasteiger partial charge is 0.479 e. The predicted octanol–water partition coefficient (Wildman–Crippen LogP) is 6.83. The Hall–Kier alpha value is -4.24. The van der Waals surface area contributed by atoms with Crippen molar-refractivity contribution in [3.8, 4) is 22.4 Å². The first-order chi connectivity index (χ1) is 20.3. The summed E-state index contributed by atoms with van der Waals surface area (Å²) in [5.74, 6) is -0.290. The van der Waals surface area contributed by atoms with E-state index in [4.69, 9.17) is 14.8 Å². The molecule has 0 saturated carbocycles. The lowest BCUT2D eigenvalue weighted by Gasteiger charge is -2.39. The average molecular weight is 581 g/mol. The highest BCUT2D eigenvalue weighted by molar-refractivity contribution is 5.85. The third-order valence-corrected chi connectivity index (χ3v) is 8.42. The molecule has 5 aromatic rings. The molecule has 2 aromatic carbocycles. The number of carboxylic acids is 1. The Kier molecular flexibility index (Phi) is 7.04. The van der Waals surface area contributed by atoms with E-state index in [0.29, 0.717) is 16.9 Å². The number of piperidine rings is 1. The van der Waals surface area contributed by atoms with E-state index >= 15 is 0 Å². The van der Waals surface area contributed by atoms with Gasteiger partial charge in [0.25, 0.3) is 0 Å². The fourth-order valence-electron chi connectivity index (χ4n) is 5.96. The fraction of sp³-hybridized carbons (Fsp3) is 0.412. The molecule has 0 unspecified atom stereocenters. The first kappa shape index (κ1) is 28.9. The van der Waals surface area contributed by atoms with Crippen molar-refractivity contribution < 1.29 is 14.6 Å². The van der Waals surface area contributed by atoms with Crippen LogP contribution in [0, 0.1) is 12.3 Å². The molecule has 43 heavy (non-hydrogen) atoms. The van der Waals surface area contributed by atoms with Crippen LogP contribution in [-0.2, 0) is 16.6 Å². The second-order valence-electron chi connectivity index (χ2n) is 13.5. The summed E-state index contributed by atoms with van der Waals surface area (Å²) in [4.78, 5) is 19.8. The molecule has 1 atom stereocenters. The molecular formula is C34H40N6O3. The number of aryl methyl sites for hydroxylation is 2. The maximum Gasteiger partial charge on any atom is 0.337 e. The molecule has 0 amide bonds. The quantitative estimate of drug-likeness (QED) is 0.235. The summed E-state index contributed by atoms with van der Waals surface area (Å²) in [6.07, 6.45) is 2.67. The van der Waals surface area contributed by atoms with Crippen molar-refractivity contribution in [1.82, 2.24) is 24.4 Å². The zero-order valence-corrected chi connectivity index (χ0v) is 26.0. The highest BCUT2D eigenvalue weighted by Gasteiger charge is 2.36. The van der Waals surface area contributed by atoms with E-state index in [2.05, 4.69) is 54.2 Å². The highest BCUT2D eigenvalue weighted by atomic mass is 16.5. The van der Waals surface area contributed by atoms with Gasteiger partial charge in [-0.15, -0.1) is 0 Å². The lowest BCUT2D eigenvalue weighted by atomic mass is 9.82. The molecule has 4 heterocycles. The van der Waals surface area contributed by atoms with Crippen molar-refractivity contribution in [1.29, 1.82) is 0 Å². The van der Waals surface area contributed by atoms with Crippen molar-refractivity contribution in [2.45, 2.75) is 66.1 Å². The van der Waals surface area contributed by atoms with E-state index in [1.54, 1.807) is 0 Å². The number of carboxylic acid groups (broad SMARTS) is 1. The fourth-order valence-corrected chi connectivity index (χ4v) is 5.96. The molecule has 0 spiro atoms. The smallest absolute Gasteiger partial charge is 0.337 e. The van der Waals surface area contributed by atoms with E-state index in [1.165, 1.54) is 0 Å². The first-order valence-corrected chi connectivity index (χ1v) is 14.9. The van der Waals surface area contributed by atoms with Crippen molar-refractivity contribution in [2.75, 3.05) is 18.0 Å². The molecule has 1 N–H and O–H groups in total. The summed E-state index contributed by atoms with van der Waals surface area (Å²) in [5, 5.41) is 20.9. The van der Waals surface area contributed by atoms with Gasteiger partial charge < -0.3 is 14.7 Å². The van der Waals surface area contributed by atoms with Gasteiger partial charge in [0.2, 0.25) is 0 Å². The molecule has 6 rings (SSSR count). The van der Waals surface area contributed by atoms with Crippen molar-refractivity contribution >= 4 is 28.3 Å². The summed E-state index contributed by atoms with van der Waals surface area (Å²) in [5.41, 5.74) is 6.40. The van der Waals surface area contributed by atoms with Gasteiger partial charge in [0.15, 0.2) is 11.8 Å². The van der Waals surface area contributed by atoms with Crippen LogP contribution in [0.15, 0.2) is 54.7 Å². The zero-order valence-electron chi connectivity index (χ0n) is 26.0. The summed E-state index contributed by atoms with van der Waals surface area (Å²) >= 11 is 0. The van der Waals surface area contributed by atoms with Gasteiger partial charge >= 0.3 is 5.97 Å². The van der Waals surface area contributed by atoms with E-state index in [-0.39, 0.29) is 5.41 Å². The van der Waals surface area contributed by atoms with Gasteiger partial charge in [-0.2, -0.15) is 14.7 Å². The number of rotatable bonds is 6. The van der Waals surface area contributed by atoms with Crippen molar-refractivity contribution in [3.05, 3.63) is 66.0 Å². The Morgan fingerprint density at radius 3 is 2.42 bits per heavy atom. The van der Waals surface area contributed by atoms with Gasteiger partial charge in [-0.1, -0.05) is 44.2 Å². The average Bonchev–Trinajstić information content (AvgIpc) is 3.54. The van der Waals surface area contributed by atoms with Gasteiger partial charge in [0.1, 0.15) is 5.82 Å². The zero-order chi connectivity index (χ0) is 30.7. The molecule has 0 radical (unpaired) electrons. The van der Waals surface area contributed by atoms with Gasteiger partial charge in [0.05, 0.1) is 28.6 Å². The number of carbonyl (C=O) groups is 1. The van der Waals surface area contributed by atoms with Crippen molar-refractivity contribution in [3.63, 3.8) is 0 Å². The number of anilines is 1. The molecule has 3 aromatic heterocycles. The number of ether oxygens (including phenoxy) is 1. The lowest BCUT2D eigenvalue weighted by Crippen LogP contribution is -2.40. The topological polar surface area (TPSA) is 97.8 Å². The third-order valence-electron chi connectivity index (χ3n) is 8.42. The first-order valence-electron chi connectivity index (χ1n) is 14.9. The molecule has 1 aliphatic heterocycles. The molecule has 0 aliphatic carbocycles. The van der Waals surface area contributed by atoms with Crippen LogP contribution in [0.5, 0.6) is 0 Å². The van der Waals surface area contributed by atoms with Gasteiger partial charge in [0, 0.05) is 42.8 Å². The summed E-state index contributed by atoms with van der Waals surface area (Å²) in [6, 6.07) is 16.7. The van der Waals surface area contributed by atoms with E-state index < -0.39 is 17.7 Å². The highest BCUT2D eigenvalue weighted by Crippen LogP contribution is 2.39. The van der Waals surface area contributed by atoms with Crippen LogP contribution >= 0.6 is 0 Å². The van der Waals surface area contributed by atoms with Crippen molar-refractivity contribution in [2.24, 2.45) is 12.5 Å². The van der Waals surface area contributed by atoms with Crippen LogP contribution in [-0.4, -0.2) is 54.1 Å². The summed E-state index contributed by atoms with van der Waals surface area (Å²) < 4.78 is 9.87. The minimum atomic E-state index is -1.18. The maximum absolute atomic E-state index is 12.7. The van der Waals surface area contributed by atoms with E-state index in [0.717, 1.165) is 65.0 Å². The number of fused-ring (bicyclic) bond motifs is 2. The third kappa shape index (κ3) is 5.61. The minimum absolute atomic E-state index is 0.222. The number of hydrogen-bond donors (Lipinski definition) is 1. The van der Waals surface area contributed by atoms with Gasteiger partial charge in [-0.3, -0.25) is 4.68 Å². The SMILES string of the molecule is Cc1nc2cc(-c3cccc(-c4ccc5cnn(C)c5c4)c3)nn2c(N2CCC(C)(C)CC2)c1[C@H](OC(C)(C)C)C(=O)O. The number of benzene rings is 2. The monoisotopic (exact) mass is 580 g/mol. The standard InChI is InChI=1S/C34H40N6O3/c1-21-29(30(32(41)42)43-33(2,3)4)31(39-15-13-34(5,6)14-16-39)40-28(36-21)19-26(37-40)24-10-8-9-22(17-24)23-11-12-25-20-35-38(7)27(25)18-23/h8-12,17-20,30H,13-16H2,1-7H3,(H,41,42)/t30-/m0/s1. The number of aromatic nitrogens is 5. The summed E-state index contributed by atoms with van der Waals surface area (Å²) in [7, 11) is 1.95. The Morgan fingerprint density at radius 2 is 1.72 bits per heavy atom. The van der Waals surface area contributed by atoms with Crippen LogP contribution in [0.3, 0.4) is 0 Å². The second kappa shape index (κ2) is 10.5. The molecule has 1 aliphatic rings. The second-order valence-corrected chi connectivity index (χ2v) is 13.5. The lowest BCUT2D eigenvalue weighted by molar-refractivity contribution is -0.160. The Bertz CT molecular complexity index is 1830. The molecule has 1 fully saturated rings. The van der Waals surface area contributed by atoms with Crippen LogP contribution in [0.4, 0.5) is 5.82 Å². The van der Waals surface area contributed by atoms with Crippen LogP contribution in [0.2, 0.25) is 0 Å². The van der Waals surface area contributed by atoms with Crippen LogP contribution < -0.4 is 4.90 Å². The van der Waals surface area contributed by atoms with Gasteiger partial charge in [-0.25, -0.2) is 9.78 Å². The van der Waals surface area contributed by atoms with E-state index in [9.17, 15) is 9.90 Å². The normalized spacial score (nSPS) is 16.2. The molecule has 0 bridgehead atoms. The summed E-state index contributed by atoms with van der Waals surface area (Å²) in [6.45, 7) is 13.6. The number of nitrogens with zero attached hydrogens (tertiary/aromatic N) is 6. The molecule has 9 nitrogen and oxygen atoms in total. The Labute approximate surface area is 252 Å². The molecular weight excluding hydrogens is 540 g/mol. The predicted molar refractivity (Wildman–Crippen MR) is 169 cm³/mol.